The Bertz CT molecular complexity index is 1290. The molecule has 36 heavy (non-hydrogen) atoms. The van der Waals surface area contributed by atoms with Gasteiger partial charge >= 0.3 is 0 Å². The van der Waals surface area contributed by atoms with Gasteiger partial charge in [0.2, 0.25) is 0 Å². The van der Waals surface area contributed by atoms with Crippen LogP contribution in [0.1, 0.15) is 19.4 Å². The van der Waals surface area contributed by atoms with E-state index in [0.29, 0.717) is 10.8 Å². The molecule has 1 amide bonds. The minimum absolute atomic E-state index is 0.00729. The first kappa shape index (κ1) is 27.0. The highest BCUT2D eigenvalue weighted by Crippen LogP contribution is 2.27. The van der Waals surface area contributed by atoms with Crippen LogP contribution in [0.5, 0.6) is 5.75 Å². The fraction of sp³-hybridized carbons (Fsp3) is 0.231. The van der Waals surface area contributed by atoms with E-state index in [1.54, 1.807) is 30.3 Å². The van der Waals surface area contributed by atoms with Crippen molar-refractivity contribution in [3.8, 4) is 5.75 Å². The second-order valence-corrected chi connectivity index (χ2v) is 10.0. The van der Waals surface area contributed by atoms with Gasteiger partial charge in [0.1, 0.15) is 12.3 Å². The van der Waals surface area contributed by atoms with Crippen LogP contribution in [-0.4, -0.2) is 47.3 Å². The van der Waals surface area contributed by atoms with Crippen molar-refractivity contribution in [3.05, 3.63) is 83.4 Å². The average Bonchev–Trinajstić information content (AvgIpc) is 2.89. The van der Waals surface area contributed by atoms with E-state index in [-0.39, 0.29) is 10.6 Å². The molecule has 3 rings (SSSR count). The minimum Gasteiger partial charge on any atom is -0.497 e. The normalized spacial score (nSPS) is 11.3. The molecule has 0 spiro atoms. The number of nitrogens with zero attached hydrogens (tertiary/aromatic N) is 3. The summed E-state index contributed by atoms with van der Waals surface area (Å²) in [6.45, 7) is 5.50. The molecule has 3 aromatic carbocycles. The van der Waals surface area contributed by atoms with Gasteiger partial charge in [-0.1, -0.05) is 29.8 Å². The third-order valence-electron chi connectivity index (χ3n) is 5.46. The molecule has 0 saturated carbocycles. The number of nitrogens with one attached hydrogen (secondary N) is 1. The Morgan fingerprint density at radius 1 is 1.00 bits per heavy atom. The van der Waals surface area contributed by atoms with Crippen LogP contribution in [0.4, 0.5) is 11.4 Å². The zero-order valence-electron chi connectivity index (χ0n) is 20.4. The Morgan fingerprint density at radius 2 is 1.67 bits per heavy atom. The number of ether oxygens (including phenoxy) is 1. The van der Waals surface area contributed by atoms with Gasteiger partial charge in [-0.2, -0.15) is 5.10 Å². The maximum absolute atomic E-state index is 13.4. The molecule has 0 radical (unpaired) electrons. The van der Waals surface area contributed by atoms with E-state index in [0.717, 1.165) is 28.6 Å². The number of amides is 1. The van der Waals surface area contributed by atoms with Crippen molar-refractivity contribution in [3.63, 3.8) is 0 Å². The summed E-state index contributed by atoms with van der Waals surface area (Å²) < 4.78 is 33.0. The average molecular weight is 529 g/mol. The number of methoxy groups -OCH3 is 1. The molecule has 0 aromatic heterocycles. The van der Waals surface area contributed by atoms with Gasteiger partial charge in [-0.05, 0) is 74.0 Å². The quantitative estimate of drug-likeness (QED) is 0.291. The highest BCUT2D eigenvalue weighted by atomic mass is 35.5. The lowest BCUT2D eigenvalue weighted by Crippen LogP contribution is -2.39. The standard InChI is InChI=1S/C26H29ClN4O4S/c1-4-30(5-2)22-11-9-20(10-12-22)18-28-29-26(32)19-31(23-8-6-7-21(27)17-23)36(33,34)25-15-13-24(35-3)14-16-25/h6-18H,4-5,19H2,1-3H3,(H,29,32)/b28-18-. The van der Waals surface area contributed by atoms with Crippen LogP contribution in [0, 0.1) is 0 Å². The first-order valence-corrected chi connectivity index (χ1v) is 13.2. The summed E-state index contributed by atoms with van der Waals surface area (Å²) in [6.07, 6.45) is 1.51. The van der Waals surface area contributed by atoms with Gasteiger partial charge in [-0.25, -0.2) is 13.8 Å². The fourth-order valence-electron chi connectivity index (χ4n) is 3.53. The van der Waals surface area contributed by atoms with E-state index >= 15 is 0 Å². The highest BCUT2D eigenvalue weighted by Gasteiger charge is 2.27. The molecule has 0 aliphatic rings. The number of benzene rings is 3. The number of halogens is 1. The summed E-state index contributed by atoms with van der Waals surface area (Å²) in [5.41, 5.74) is 4.56. The second-order valence-electron chi connectivity index (χ2n) is 7.72. The van der Waals surface area contributed by atoms with Crippen LogP contribution in [-0.2, 0) is 14.8 Å². The Kier molecular flexibility index (Phi) is 9.32. The lowest BCUT2D eigenvalue weighted by atomic mass is 10.2. The molecule has 0 unspecified atom stereocenters. The molecule has 3 aromatic rings. The fourth-order valence-corrected chi connectivity index (χ4v) is 5.12. The number of carbonyl (C=O) groups is 1. The molecule has 0 aliphatic heterocycles. The first-order chi connectivity index (χ1) is 17.3. The zero-order chi connectivity index (χ0) is 26.1. The summed E-state index contributed by atoms with van der Waals surface area (Å²) >= 11 is 6.10. The van der Waals surface area contributed by atoms with E-state index in [1.807, 2.05) is 24.3 Å². The number of anilines is 2. The lowest BCUT2D eigenvalue weighted by Gasteiger charge is -2.24. The second kappa shape index (κ2) is 12.4. The lowest BCUT2D eigenvalue weighted by molar-refractivity contribution is -0.119. The van der Waals surface area contributed by atoms with E-state index in [2.05, 4.69) is 29.3 Å². The van der Waals surface area contributed by atoms with Crippen molar-refractivity contribution in [1.82, 2.24) is 5.43 Å². The number of hydrazone groups is 1. The molecular weight excluding hydrogens is 500 g/mol. The predicted octanol–water partition coefficient (Wildman–Crippen LogP) is 4.54. The SMILES string of the molecule is CCN(CC)c1ccc(/C=N\NC(=O)CN(c2cccc(Cl)c2)S(=O)(=O)c2ccc(OC)cc2)cc1. The predicted molar refractivity (Wildman–Crippen MR) is 145 cm³/mol. The molecule has 0 heterocycles. The number of sulfonamides is 1. The van der Waals surface area contributed by atoms with Crippen LogP contribution < -0.4 is 19.4 Å². The Balaban J connectivity index is 1.77. The van der Waals surface area contributed by atoms with Crippen LogP contribution in [0.15, 0.2) is 82.8 Å². The van der Waals surface area contributed by atoms with Crippen LogP contribution in [0.3, 0.4) is 0 Å². The molecule has 10 heteroatoms. The summed E-state index contributed by atoms with van der Waals surface area (Å²) in [5.74, 6) is -0.0939. The number of hydrogen-bond acceptors (Lipinski definition) is 6. The molecule has 0 saturated heterocycles. The maximum Gasteiger partial charge on any atom is 0.264 e. The van der Waals surface area contributed by atoms with Crippen LogP contribution in [0.2, 0.25) is 5.02 Å². The smallest absolute Gasteiger partial charge is 0.264 e. The summed E-state index contributed by atoms with van der Waals surface area (Å²) in [7, 11) is -2.59. The number of carbonyl (C=O) groups excluding carboxylic acids is 1. The van der Waals surface area contributed by atoms with Gasteiger partial charge in [-0.15, -0.1) is 0 Å². The van der Waals surface area contributed by atoms with Gasteiger partial charge in [0, 0.05) is 23.8 Å². The molecular formula is C26H29ClN4O4S. The Hall–Kier alpha value is -3.56. The van der Waals surface area contributed by atoms with Crippen molar-refractivity contribution in [2.24, 2.45) is 5.10 Å². The third kappa shape index (κ3) is 6.77. The molecule has 1 N–H and O–H groups in total. The van der Waals surface area contributed by atoms with Gasteiger partial charge < -0.3 is 9.64 Å². The van der Waals surface area contributed by atoms with Gasteiger partial charge in [-0.3, -0.25) is 9.10 Å². The van der Waals surface area contributed by atoms with Crippen molar-refractivity contribution in [1.29, 1.82) is 0 Å². The maximum atomic E-state index is 13.4. The van der Waals surface area contributed by atoms with Gasteiger partial charge in [0.05, 0.1) is 23.9 Å². The molecule has 0 bridgehead atoms. The van der Waals surface area contributed by atoms with Crippen LogP contribution in [0.25, 0.3) is 0 Å². The third-order valence-corrected chi connectivity index (χ3v) is 7.48. The molecule has 8 nitrogen and oxygen atoms in total. The number of rotatable bonds is 11. The van der Waals surface area contributed by atoms with E-state index < -0.39 is 22.5 Å². The molecule has 0 aliphatic carbocycles. The monoisotopic (exact) mass is 528 g/mol. The Morgan fingerprint density at radius 3 is 2.25 bits per heavy atom. The van der Waals surface area contributed by atoms with Crippen LogP contribution >= 0.6 is 11.6 Å². The van der Waals surface area contributed by atoms with Crippen molar-refractivity contribution < 1.29 is 17.9 Å². The van der Waals surface area contributed by atoms with E-state index in [9.17, 15) is 13.2 Å². The molecule has 0 fully saturated rings. The molecule has 190 valence electrons. The highest BCUT2D eigenvalue weighted by molar-refractivity contribution is 7.92. The zero-order valence-corrected chi connectivity index (χ0v) is 22.0. The molecule has 0 atom stereocenters. The topological polar surface area (TPSA) is 91.3 Å². The van der Waals surface area contributed by atoms with Crippen molar-refractivity contribution in [2.75, 3.05) is 35.9 Å². The Labute approximate surface area is 217 Å². The van der Waals surface area contributed by atoms with E-state index in [1.165, 1.54) is 31.5 Å². The first-order valence-electron chi connectivity index (χ1n) is 11.4. The largest absolute Gasteiger partial charge is 0.497 e. The van der Waals surface area contributed by atoms with Gasteiger partial charge in [0.15, 0.2) is 0 Å². The summed E-state index contributed by atoms with van der Waals surface area (Å²) in [6, 6.07) is 20.0. The van der Waals surface area contributed by atoms with E-state index in [4.69, 9.17) is 16.3 Å². The van der Waals surface area contributed by atoms with Gasteiger partial charge in [0.25, 0.3) is 15.9 Å². The van der Waals surface area contributed by atoms with Crippen molar-refractivity contribution in [2.45, 2.75) is 18.7 Å². The number of hydrogen-bond donors (Lipinski definition) is 1. The minimum atomic E-state index is -4.08. The summed E-state index contributed by atoms with van der Waals surface area (Å²) in [4.78, 5) is 14.9. The van der Waals surface area contributed by atoms with Crippen molar-refractivity contribution >= 4 is 45.1 Å². The summed E-state index contributed by atoms with van der Waals surface area (Å²) in [5, 5.41) is 4.34.